The summed E-state index contributed by atoms with van der Waals surface area (Å²) in [7, 11) is 0. The van der Waals surface area contributed by atoms with Crippen LogP contribution < -0.4 is 10.5 Å². The molecule has 0 bridgehead atoms. The Balaban J connectivity index is 2.62. The molecule has 5 nitrogen and oxygen atoms in total. The van der Waals surface area contributed by atoms with Crippen LogP contribution in [0.25, 0.3) is 0 Å². The van der Waals surface area contributed by atoms with Crippen LogP contribution in [0.1, 0.15) is 26.7 Å². The van der Waals surface area contributed by atoms with E-state index < -0.39 is 0 Å². The predicted molar refractivity (Wildman–Crippen MR) is 62.0 cm³/mol. The minimum atomic E-state index is -0.195. The highest BCUT2D eigenvalue weighted by Crippen LogP contribution is 2.26. The van der Waals surface area contributed by atoms with Gasteiger partial charge in [-0.25, -0.2) is 4.98 Å². The summed E-state index contributed by atoms with van der Waals surface area (Å²) < 4.78 is 5.53. The van der Waals surface area contributed by atoms with E-state index in [0.717, 1.165) is 12.8 Å². The highest BCUT2D eigenvalue weighted by atomic mass is 16.5. The summed E-state index contributed by atoms with van der Waals surface area (Å²) in [5.74, 6) is 0.646. The summed E-state index contributed by atoms with van der Waals surface area (Å²) in [6.07, 6.45) is 3.28. The summed E-state index contributed by atoms with van der Waals surface area (Å²) in [5.41, 5.74) is 5.25. The molecule has 0 aliphatic carbocycles. The third-order valence-corrected chi connectivity index (χ3v) is 3.01. The van der Waals surface area contributed by atoms with E-state index >= 15 is 0 Å². The molecule has 0 fully saturated rings. The summed E-state index contributed by atoms with van der Waals surface area (Å²) in [6.45, 7) is 4.63. The lowest BCUT2D eigenvalue weighted by molar-refractivity contribution is 0.0570. The zero-order chi connectivity index (χ0) is 12.0. The van der Waals surface area contributed by atoms with Gasteiger partial charge in [-0.05, 0) is 12.8 Å². The first kappa shape index (κ1) is 12.7. The molecule has 0 aromatic carbocycles. The fourth-order valence-corrected chi connectivity index (χ4v) is 1.39. The number of nitrogen functional groups attached to an aromatic ring is 1. The smallest absolute Gasteiger partial charge is 0.223 e. The molecule has 0 atom stereocenters. The third-order valence-electron chi connectivity index (χ3n) is 3.01. The van der Waals surface area contributed by atoms with Crippen LogP contribution in [0.5, 0.6) is 5.88 Å². The van der Waals surface area contributed by atoms with E-state index in [4.69, 9.17) is 10.5 Å². The molecule has 90 valence electrons. The third kappa shape index (κ3) is 3.06. The highest BCUT2D eigenvalue weighted by Gasteiger charge is 2.26. The number of aliphatic hydroxyl groups excluding tert-OH is 1. The van der Waals surface area contributed by atoms with Crippen molar-refractivity contribution in [3.8, 4) is 5.88 Å². The molecule has 0 radical (unpaired) electrons. The molecule has 1 aromatic rings. The van der Waals surface area contributed by atoms with Crippen LogP contribution >= 0.6 is 0 Å². The van der Waals surface area contributed by atoms with E-state index in [0.29, 0.717) is 12.5 Å². The van der Waals surface area contributed by atoms with Gasteiger partial charge in [-0.1, -0.05) is 13.8 Å². The van der Waals surface area contributed by atoms with Crippen LogP contribution in [-0.2, 0) is 0 Å². The van der Waals surface area contributed by atoms with Crippen molar-refractivity contribution in [3.63, 3.8) is 0 Å². The molecule has 5 heteroatoms. The van der Waals surface area contributed by atoms with Gasteiger partial charge in [0.05, 0.1) is 13.2 Å². The summed E-state index contributed by atoms with van der Waals surface area (Å²) >= 11 is 0. The van der Waals surface area contributed by atoms with Crippen molar-refractivity contribution in [2.45, 2.75) is 26.7 Å². The number of nitrogens with zero attached hydrogens (tertiary/aromatic N) is 2. The maximum atomic E-state index is 9.37. The second-order valence-electron chi connectivity index (χ2n) is 3.91. The Kier molecular flexibility index (Phi) is 4.49. The largest absolute Gasteiger partial charge is 0.477 e. The predicted octanol–water partition coefficient (Wildman–Crippen LogP) is 1.24. The van der Waals surface area contributed by atoms with Gasteiger partial charge in [0, 0.05) is 17.7 Å². The Labute approximate surface area is 95.7 Å². The monoisotopic (exact) mass is 225 g/mol. The van der Waals surface area contributed by atoms with E-state index in [2.05, 4.69) is 9.97 Å². The molecule has 0 unspecified atom stereocenters. The molecule has 1 aromatic heterocycles. The Bertz CT molecular complexity index is 318. The standard InChI is InChI=1S/C11H19N3O2/c1-3-11(4-2,7-15)8-16-9-5-6-13-10(12)14-9/h5-6,15H,3-4,7-8H2,1-2H3,(H2,12,13,14). The number of aliphatic hydroxyl groups is 1. The van der Waals surface area contributed by atoms with Gasteiger partial charge in [-0.2, -0.15) is 4.98 Å². The first-order chi connectivity index (χ1) is 7.65. The second-order valence-corrected chi connectivity index (χ2v) is 3.91. The van der Waals surface area contributed by atoms with Crippen LogP contribution in [0.2, 0.25) is 0 Å². The molecule has 0 amide bonds. The number of anilines is 1. The quantitative estimate of drug-likeness (QED) is 0.761. The van der Waals surface area contributed by atoms with Crippen molar-refractivity contribution in [2.24, 2.45) is 5.41 Å². The molecule has 0 aliphatic heterocycles. The van der Waals surface area contributed by atoms with Gasteiger partial charge in [0.2, 0.25) is 11.8 Å². The average molecular weight is 225 g/mol. The molecule has 3 N–H and O–H groups in total. The van der Waals surface area contributed by atoms with E-state index in [-0.39, 0.29) is 18.0 Å². The molecule has 1 rings (SSSR count). The molecule has 0 saturated heterocycles. The number of rotatable bonds is 6. The first-order valence-corrected chi connectivity index (χ1v) is 5.48. The Hall–Kier alpha value is -1.36. The summed E-state index contributed by atoms with van der Waals surface area (Å²) in [5, 5.41) is 9.37. The van der Waals surface area contributed by atoms with Crippen molar-refractivity contribution in [2.75, 3.05) is 18.9 Å². The van der Waals surface area contributed by atoms with Gasteiger partial charge in [-0.3, -0.25) is 0 Å². The molecule has 0 saturated carbocycles. The van der Waals surface area contributed by atoms with Gasteiger partial charge in [0.15, 0.2) is 0 Å². The van der Waals surface area contributed by atoms with E-state index in [1.165, 1.54) is 0 Å². The van der Waals surface area contributed by atoms with Crippen LogP contribution in [-0.4, -0.2) is 28.3 Å². The van der Waals surface area contributed by atoms with Gasteiger partial charge in [0.25, 0.3) is 0 Å². The SMILES string of the molecule is CCC(CC)(CO)COc1ccnc(N)n1. The second kappa shape index (κ2) is 5.65. The zero-order valence-corrected chi connectivity index (χ0v) is 9.81. The number of hydrogen-bond donors (Lipinski definition) is 2. The van der Waals surface area contributed by atoms with Gasteiger partial charge >= 0.3 is 0 Å². The Morgan fingerprint density at radius 3 is 2.62 bits per heavy atom. The van der Waals surface area contributed by atoms with Gasteiger partial charge in [0.1, 0.15) is 0 Å². The van der Waals surface area contributed by atoms with Gasteiger partial charge < -0.3 is 15.6 Å². The summed E-state index contributed by atoms with van der Waals surface area (Å²) in [4.78, 5) is 7.72. The maximum Gasteiger partial charge on any atom is 0.223 e. The van der Waals surface area contributed by atoms with Crippen LogP contribution in [0.15, 0.2) is 12.3 Å². The average Bonchev–Trinajstić information content (AvgIpc) is 2.32. The molecule has 16 heavy (non-hydrogen) atoms. The maximum absolute atomic E-state index is 9.37. The topological polar surface area (TPSA) is 81.3 Å². The first-order valence-electron chi connectivity index (χ1n) is 5.48. The fraction of sp³-hybridized carbons (Fsp3) is 0.636. The van der Waals surface area contributed by atoms with Crippen molar-refractivity contribution < 1.29 is 9.84 Å². The van der Waals surface area contributed by atoms with Crippen molar-refractivity contribution in [1.82, 2.24) is 9.97 Å². The molecular weight excluding hydrogens is 206 g/mol. The van der Waals surface area contributed by atoms with E-state index in [1.54, 1.807) is 12.3 Å². The molecular formula is C11H19N3O2. The Morgan fingerprint density at radius 1 is 1.44 bits per heavy atom. The van der Waals surface area contributed by atoms with Crippen LogP contribution in [0, 0.1) is 5.41 Å². The molecule has 0 aliphatic rings. The van der Waals surface area contributed by atoms with E-state index in [1.807, 2.05) is 13.8 Å². The van der Waals surface area contributed by atoms with E-state index in [9.17, 15) is 5.11 Å². The number of hydrogen-bond acceptors (Lipinski definition) is 5. The number of aromatic nitrogens is 2. The number of ether oxygens (including phenoxy) is 1. The van der Waals surface area contributed by atoms with Crippen LogP contribution in [0.3, 0.4) is 0 Å². The van der Waals surface area contributed by atoms with Gasteiger partial charge in [-0.15, -0.1) is 0 Å². The normalized spacial score (nSPS) is 11.4. The zero-order valence-electron chi connectivity index (χ0n) is 9.81. The molecule has 0 spiro atoms. The highest BCUT2D eigenvalue weighted by molar-refractivity contribution is 5.20. The Morgan fingerprint density at radius 2 is 2.12 bits per heavy atom. The number of nitrogens with two attached hydrogens (primary N) is 1. The minimum Gasteiger partial charge on any atom is -0.477 e. The van der Waals surface area contributed by atoms with Crippen molar-refractivity contribution in [3.05, 3.63) is 12.3 Å². The van der Waals surface area contributed by atoms with Crippen LogP contribution in [0.4, 0.5) is 5.95 Å². The van der Waals surface area contributed by atoms with Crippen molar-refractivity contribution in [1.29, 1.82) is 0 Å². The lowest BCUT2D eigenvalue weighted by atomic mass is 9.84. The minimum absolute atomic E-state index is 0.112. The fourth-order valence-electron chi connectivity index (χ4n) is 1.39. The summed E-state index contributed by atoms with van der Waals surface area (Å²) in [6, 6.07) is 1.66. The molecule has 1 heterocycles. The lowest BCUT2D eigenvalue weighted by Gasteiger charge is -2.28. The van der Waals surface area contributed by atoms with Crippen molar-refractivity contribution >= 4 is 5.95 Å². The lowest BCUT2D eigenvalue weighted by Crippen LogP contribution is -2.31.